The van der Waals surface area contributed by atoms with Crippen LogP contribution in [0.5, 0.6) is 0 Å². The average molecular weight is 1020 g/mol. The normalized spacial score (nSPS) is 18.7. The summed E-state index contributed by atoms with van der Waals surface area (Å²) in [4.78, 5) is 0. The third-order valence-electron chi connectivity index (χ3n) is 21.1. The van der Waals surface area contributed by atoms with Gasteiger partial charge in [-0.15, -0.1) is 0 Å². The van der Waals surface area contributed by atoms with E-state index in [2.05, 4.69) is 183 Å². The summed E-state index contributed by atoms with van der Waals surface area (Å²) in [7, 11) is -6.54. The summed E-state index contributed by atoms with van der Waals surface area (Å²) >= 11 is 0. The number of hydrogen-bond donors (Lipinski definition) is 0. The van der Waals surface area contributed by atoms with Crippen LogP contribution in [-0.2, 0) is 0 Å². The van der Waals surface area contributed by atoms with Crippen molar-refractivity contribution in [2.45, 2.75) is 190 Å². The molecule has 4 aliphatic rings. The number of hydrogen-bond acceptors (Lipinski definition) is 0. The van der Waals surface area contributed by atoms with Crippen molar-refractivity contribution in [2.75, 3.05) is 0 Å². The predicted octanol–water partition coefficient (Wildman–Crippen LogP) is 17.8. The van der Waals surface area contributed by atoms with Crippen LogP contribution in [0.2, 0.25) is 74.5 Å². The summed E-state index contributed by atoms with van der Waals surface area (Å²) in [5.74, 6) is 0. The first-order chi connectivity index (χ1) is 34.7. The van der Waals surface area contributed by atoms with Gasteiger partial charge < -0.3 is 9.13 Å². The minimum Gasteiger partial charge on any atom is -0.309 e. The van der Waals surface area contributed by atoms with Crippen molar-refractivity contribution in [1.29, 1.82) is 0 Å². The standard InChI is InChI=1S/C66H84N2Si4/c1-69(2,51-19-11-9-12-20-51)55-35-39-63-59(43-55)61-45-57(71(5,6)53-23-15-16-24-53)37-41-65(61)67(63)49-31-27-47(28-32-49)48-29-33-50(34-30-48)68-64-40-36-56(70(3,4)52-21-13-10-14-22-52)44-60(64)62-46-58(38-42-66(62)68)72(7,8)54-25-17-18-26-54/h27-46,51-54H,9-26H2,1-8H3. The van der Waals surface area contributed by atoms with Gasteiger partial charge in [0.1, 0.15) is 0 Å². The Morgan fingerprint density at radius 3 is 0.736 bits per heavy atom. The maximum atomic E-state index is 2.67. The zero-order valence-corrected chi connectivity index (χ0v) is 49.5. The molecule has 8 aromatic rings. The largest absolute Gasteiger partial charge is 0.309 e. The molecule has 374 valence electrons. The number of fused-ring (bicyclic) bond motifs is 6. The van der Waals surface area contributed by atoms with Crippen LogP contribution in [0.3, 0.4) is 0 Å². The quantitative estimate of drug-likeness (QED) is 0.114. The van der Waals surface area contributed by atoms with Gasteiger partial charge in [-0.05, 0) is 81.8 Å². The van der Waals surface area contributed by atoms with Gasteiger partial charge >= 0.3 is 0 Å². The molecule has 0 bridgehead atoms. The molecule has 2 nitrogen and oxygen atoms in total. The summed E-state index contributed by atoms with van der Waals surface area (Å²) < 4.78 is 5.17. The van der Waals surface area contributed by atoms with Gasteiger partial charge in [0, 0.05) is 32.9 Å². The zero-order chi connectivity index (χ0) is 49.6. The van der Waals surface area contributed by atoms with Crippen molar-refractivity contribution < 1.29 is 0 Å². The van der Waals surface area contributed by atoms with Crippen molar-refractivity contribution in [2.24, 2.45) is 0 Å². The topological polar surface area (TPSA) is 9.86 Å². The van der Waals surface area contributed by atoms with Crippen LogP contribution in [0, 0.1) is 0 Å². The van der Waals surface area contributed by atoms with E-state index in [4.69, 9.17) is 0 Å². The Labute approximate surface area is 437 Å². The molecule has 12 rings (SSSR count). The number of nitrogens with zero attached hydrogens (tertiary/aromatic N) is 2. The van der Waals surface area contributed by atoms with Crippen LogP contribution < -0.4 is 20.7 Å². The van der Waals surface area contributed by atoms with Crippen molar-refractivity contribution in [1.82, 2.24) is 9.13 Å². The highest BCUT2D eigenvalue weighted by Gasteiger charge is 2.39. The molecule has 2 heterocycles. The number of benzene rings is 6. The first kappa shape index (κ1) is 48.7. The molecule has 4 aliphatic carbocycles. The highest BCUT2D eigenvalue weighted by Crippen LogP contribution is 2.44. The molecule has 4 saturated carbocycles. The van der Waals surface area contributed by atoms with Gasteiger partial charge in [0.25, 0.3) is 0 Å². The lowest BCUT2D eigenvalue weighted by Crippen LogP contribution is -2.46. The summed E-state index contributed by atoms with van der Waals surface area (Å²) in [6.45, 7) is 21.3. The molecule has 0 N–H and O–H groups in total. The van der Waals surface area contributed by atoms with Crippen molar-refractivity contribution in [3.63, 3.8) is 0 Å². The van der Waals surface area contributed by atoms with Gasteiger partial charge in [-0.3, -0.25) is 0 Å². The summed E-state index contributed by atoms with van der Waals surface area (Å²) in [6.07, 6.45) is 25.5. The van der Waals surface area contributed by atoms with Crippen LogP contribution in [-0.4, -0.2) is 41.4 Å². The van der Waals surface area contributed by atoms with Crippen LogP contribution in [0.15, 0.2) is 121 Å². The first-order valence-corrected chi connectivity index (χ1v) is 41.4. The molecule has 0 unspecified atom stereocenters. The highest BCUT2D eigenvalue weighted by atomic mass is 28.3. The second kappa shape index (κ2) is 18.9. The Hall–Kier alpha value is -4.21. The molecular formula is C66H84N2Si4. The Kier molecular flexibility index (Phi) is 12.8. The van der Waals surface area contributed by atoms with Crippen molar-refractivity contribution in [3.05, 3.63) is 121 Å². The van der Waals surface area contributed by atoms with Crippen molar-refractivity contribution >= 4 is 96.7 Å². The van der Waals surface area contributed by atoms with Crippen LogP contribution in [0.25, 0.3) is 66.1 Å². The summed E-state index contributed by atoms with van der Waals surface area (Å²) in [5, 5.41) is 12.4. The predicted molar refractivity (Wildman–Crippen MR) is 327 cm³/mol. The lowest BCUT2D eigenvalue weighted by Gasteiger charge is -2.36. The SMILES string of the molecule is C[Si](C)(c1ccc2c(c1)c1cc([Si](C)(C)C3CCCC3)ccc1n2-c1ccc(-c2ccc(-n3c4ccc([Si](C)(C)C5CCCCC5)cc4c4cc([Si](C)(C)C5CCCC5)ccc43)cc2)cc1)C1CCCCC1. The fraction of sp³-hybridized carbons (Fsp3) is 0.455. The van der Waals surface area contributed by atoms with E-state index in [1.807, 2.05) is 0 Å². The van der Waals surface area contributed by atoms with Gasteiger partial charge in [-0.2, -0.15) is 0 Å². The maximum Gasteiger partial charge on any atom is 0.0837 e. The van der Waals surface area contributed by atoms with Crippen LogP contribution in [0.1, 0.15) is 116 Å². The summed E-state index contributed by atoms with van der Waals surface area (Å²) in [6, 6.07) is 49.9. The third-order valence-corrected chi connectivity index (χ3v) is 38.8. The number of aromatic nitrogens is 2. The Bertz CT molecular complexity index is 3050. The molecule has 2 aromatic heterocycles. The Morgan fingerprint density at radius 2 is 0.500 bits per heavy atom. The molecule has 0 saturated heterocycles. The van der Waals surface area contributed by atoms with E-state index in [-0.39, 0.29) is 0 Å². The second-order valence-electron chi connectivity index (χ2n) is 26.2. The molecule has 4 fully saturated rings. The van der Waals surface area contributed by atoms with Gasteiger partial charge in [-0.1, -0.05) is 261 Å². The third kappa shape index (κ3) is 8.36. The molecular weight excluding hydrogens is 933 g/mol. The molecule has 0 aliphatic heterocycles. The molecule has 6 heteroatoms. The molecule has 0 radical (unpaired) electrons. The molecule has 6 aromatic carbocycles. The first-order valence-electron chi connectivity index (χ1n) is 29.1. The second-order valence-corrected chi connectivity index (χ2v) is 45.6. The van der Waals surface area contributed by atoms with Gasteiger partial charge in [0.2, 0.25) is 0 Å². The van der Waals surface area contributed by atoms with E-state index in [0.29, 0.717) is 0 Å². The van der Waals surface area contributed by atoms with E-state index in [1.165, 1.54) is 182 Å². The maximum absolute atomic E-state index is 2.67. The average Bonchev–Trinajstić information content (AvgIpc) is 4.26. The van der Waals surface area contributed by atoms with E-state index in [1.54, 1.807) is 20.7 Å². The van der Waals surface area contributed by atoms with E-state index in [9.17, 15) is 0 Å². The van der Waals surface area contributed by atoms with E-state index >= 15 is 0 Å². The zero-order valence-electron chi connectivity index (χ0n) is 45.5. The van der Waals surface area contributed by atoms with E-state index < -0.39 is 32.3 Å². The lowest BCUT2D eigenvalue weighted by atomic mass is 10.0. The minimum atomic E-state index is -1.65. The Morgan fingerprint density at radius 1 is 0.278 bits per heavy atom. The molecule has 72 heavy (non-hydrogen) atoms. The fourth-order valence-corrected chi connectivity index (χ4v) is 29.1. The number of rotatable bonds is 11. The summed E-state index contributed by atoms with van der Waals surface area (Å²) in [5.41, 5.74) is 14.0. The monoisotopic (exact) mass is 1020 g/mol. The van der Waals surface area contributed by atoms with Crippen LogP contribution in [0.4, 0.5) is 0 Å². The Balaban J connectivity index is 0.908. The lowest BCUT2D eigenvalue weighted by molar-refractivity contribution is 0.494. The van der Waals surface area contributed by atoms with Gasteiger partial charge in [-0.25, -0.2) is 0 Å². The fourth-order valence-electron chi connectivity index (χ4n) is 15.7. The molecule has 0 atom stereocenters. The van der Waals surface area contributed by atoms with Crippen molar-refractivity contribution in [3.8, 4) is 22.5 Å². The highest BCUT2D eigenvalue weighted by molar-refractivity contribution is 6.92. The van der Waals surface area contributed by atoms with Gasteiger partial charge in [0.15, 0.2) is 0 Å². The van der Waals surface area contributed by atoms with Gasteiger partial charge in [0.05, 0.1) is 54.4 Å². The molecule has 0 amide bonds. The smallest absolute Gasteiger partial charge is 0.0837 e. The minimum absolute atomic E-state index is 0.885. The molecule has 0 spiro atoms. The van der Waals surface area contributed by atoms with Crippen LogP contribution >= 0.6 is 0 Å². The van der Waals surface area contributed by atoms with E-state index in [0.717, 1.165) is 22.2 Å².